The summed E-state index contributed by atoms with van der Waals surface area (Å²) in [4.78, 5) is 10.3. The van der Waals surface area contributed by atoms with Crippen LogP contribution in [0.3, 0.4) is 0 Å². The lowest BCUT2D eigenvalue weighted by Gasteiger charge is -2.04. The Kier molecular flexibility index (Phi) is 3.65. The third-order valence-corrected chi connectivity index (χ3v) is 3.82. The molecule has 0 saturated carbocycles. The zero-order valence-electron chi connectivity index (χ0n) is 6.87. The van der Waals surface area contributed by atoms with Crippen LogP contribution in [0.15, 0.2) is 21.5 Å². The Morgan fingerprint density at radius 3 is 2.33 bits per heavy atom. The highest BCUT2D eigenvalue weighted by atomic mass is 79.9. The van der Waals surface area contributed by atoms with Gasteiger partial charge in [-0.25, -0.2) is 13.2 Å². The van der Waals surface area contributed by atoms with Crippen molar-refractivity contribution in [2.75, 3.05) is 0 Å². The maximum absolute atomic E-state index is 11.0. The molecule has 1 aromatic carbocycles. The van der Waals surface area contributed by atoms with Crippen LogP contribution in [0.4, 0.5) is 0 Å². The Morgan fingerprint density at radius 1 is 1.40 bits per heavy atom. The summed E-state index contributed by atoms with van der Waals surface area (Å²) in [5.74, 6) is -1.33. The third kappa shape index (κ3) is 2.84. The van der Waals surface area contributed by atoms with Gasteiger partial charge in [0.2, 0.25) is 0 Å². The van der Waals surface area contributed by atoms with Crippen LogP contribution in [0, 0.1) is 0 Å². The molecular weight excluding hydrogens is 331 g/mol. The predicted molar refractivity (Wildman–Crippen MR) is 59.2 cm³/mol. The molecule has 0 atom stereocenters. The first-order chi connectivity index (χ1) is 6.73. The second-order valence-electron chi connectivity index (χ2n) is 2.51. The molecule has 0 saturated heterocycles. The minimum Gasteiger partial charge on any atom is -0.478 e. The molecule has 0 radical (unpaired) electrons. The fraction of sp³-hybridized carbons (Fsp3) is 0. The average Bonchev–Trinajstić information content (AvgIpc) is 2.06. The molecule has 0 unspecified atom stereocenters. The normalized spacial score (nSPS) is 11.4. The number of halogens is 3. The molecule has 0 aliphatic heterocycles. The van der Waals surface area contributed by atoms with Crippen molar-refractivity contribution in [3.8, 4) is 0 Å². The van der Waals surface area contributed by atoms with Crippen molar-refractivity contribution >= 4 is 53.2 Å². The maximum Gasteiger partial charge on any atom is 0.337 e. The highest BCUT2D eigenvalue weighted by molar-refractivity contribution is 9.10. The Balaban J connectivity index is 3.63. The van der Waals surface area contributed by atoms with E-state index in [0.717, 1.165) is 6.07 Å². The Hall–Kier alpha value is -0.300. The number of benzene rings is 1. The molecule has 0 fully saturated rings. The van der Waals surface area contributed by atoms with Gasteiger partial charge in [-0.1, -0.05) is 27.5 Å². The summed E-state index contributed by atoms with van der Waals surface area (Å²) in [5.41, 5.74) is -0.328. The van der Waals surface area contributed by atoms with Crippen molar-refractivity contribution in [1.82, 2.24) is 0 Å². The van der Waals surface area contributed by atoms with Crippen LogP contribution in [-0.4, -0.2) is 19.5 Å². The largest absolute Gasteiger partial charge is 0.478 e. The minimum absolute atomic E-state index is 0.267. The summed E-state index contributed by atoms with van der Waals surface area (Å²) in [6.45, 7) is 0. The van der Waals surface area contributed by atoms with E-state index in [9.17, 15) is 13.2 Å². The number of carbonyl (C=O) groups is 1. The summed E-state index contributed by atoms with van der Waals surface area (Å²) in [6, 6.07) is 2.33. The van der Waals surface area contributed by atoms with Gasteiger partial charge in [0.25, 0.3) is 9.05 Å². The fourth-order valence-electron chi connectivity index (χ4n) is 0.897. The van der Waals surface area contributed by atoms with E-state index in [1.165, 1.54) is 6.07 Å². The summed E-state index contributed by atoms with van der Waals surface area (Å²) in [7, 11) is 1.02. The van der Waals surface area contributed by atoms with E-state index in [2.05, 4.69) is 15.9 Å². The Labute approximate surface area is 103 Å². The van der Waals surface area contributed by atoms with E-state index in [0.29, 0.717) is 0 Å². The first kappa shape index (κ1) is 12.8. The van der Waals surface area contributed by atoms with Gasteiger partial charge in [0, 0.05) is 15.2 Å². The van der Waals surface area contributed by atoms with Crippen LogP contribution in [0.25, 0.3) is 0 Å². The van der Waals surface area contributed by atoms with E-state index < -0.39 is 24.9 Å². The fourth-order valence-corrected chi connectivity index (χ4v) is 3.08. The first-order valence-electron chi connectivity index (χ1n) is 3.40. The number of rotatable bonds is 2. The van der Waals surface area contributed by atoms with Gasteiger partial charge in [-0.15, -0.1) is 0 Å². The van der Waals surface area contributed by atoms with Crippen molar-refractivity contribution in [2.45, 2.75) is 4.90 Å². The molecule has 1 rings (SSSR count). The molecule has 0 heterocycles. The van der Waals surface area contributed by atoms with E-state index in [1.807, 2.05) is 0 Å². The van der Waals surface area contributed by atoms with Gasteiger partial charge in [-0.2, -0.15) is 0 Å². The summed E-state index contributed by atoms with van der Waals surface area (Å²) >= 11 is 8.56. The van der Waals surface area contributed by atoms with Crippen molar-refractivity contribution in [3.05, 3.63) is 27.2 Å². The van der Waals surface area contributed by atoms with Crippen LogP contribution < -0.4 is 0 Å². The van der Waals surface area contributed by atoms with Gasteiger partial charge in [-0.3, -0.25) is 0 Å². The van der Waals surface area contributed by atoms with Crippen molar-refractivity contribution in [2.24, 2.45) is 0 Å². The molecule has 8 heteroatoms. The van der Waals surface area contributed by atoms with Gasteiger partial charge in [0.05, 0.1) is 10.6 Å². The van der Waals surface area contributed by atoms with Gasteiger partial charge in [0.1, 0.15) is 4.90 Å². The van der Waals surface area contributed by atoms with Gasteiger partial charge < -0.3 is 5.11 Å². The summed E-state index contributed by atoms with van der Waals surface area (Å²) < 4.78 is 22.4. The smallest absolute Gasteiger partial charge is 0.337 e. The molecule has 0 aromatic heterocycles. The van der Waals surface area contributed by atoms with Gasteiger partial charge >= 0.3 is 5.97 Å². The zero-order chi connectivity index (χ0) is 11.8. The first-order valence-corrected chi connectivity index (χ1v) is 6.88. The molecule has 4 nitrogen and oxygen atoms in total. The minimum atomic E-state index is -4.07. The highest BCUT2D eigenvalue weighted by Gasteiger charge is 2.21. The quantitative estimate of drug-likeness (QED) is 0.845. The van der Waals surface area contributed by atoms with E-state index >= 15 is 0 Å². The van der Waals surface area contributed by atoms with Crippen LogP contribution in [0.2, 0.25) is 5.02 Å². The van der Waals surface area contributed by atoms with E-state index in [1.54, 1.807) is 0 Å². The highest BCUT2D eigenvalue weighted by Crippen LogP contribution is 2.31. The predicted octanol–water partition coefficient (Wildman–Crippen LogP) is 2.73. The lowest BCUT2D eigenvalue weighted by atomic mass is 10.2. The van der Waals surface area contributed by atoms with E-state index in [-0.39, 0.29) is 10.0 Å². The van der Waals surface area contributed by atoms with Crippen molar-refractivity contribution < 1.29 is 18.3 Å². The second-order valence-corrected chi connectivity index (χ2v) is 6.34. The van der Waals surface area contributed by atoms with Crippen molar-refractivity contribution in [1.29, 1.82) is 0 Å². The summed E-state index contributed by atoms with van der Waals surface area (Å²) in [6.07, 6.45) is 0. The van der Waals surface area contributed by atoms with Crippen LogP contribution >= 0.6 is 38.2 Å². The van der Waals surface area contributed by atoms with Crippen molar-refractivity contribution in [3.63, 3.8) is 0 Å². The van der Waals surface area contributed by atoms with Crippen LogP contribution in [0.1, 0.15) is 10.4 Å². The lowest BCUT2D eigenvalue weighted by Crippen LogP contribution is -2.02. The molecule has 0 aliphatic carbocycles. The Morgan fingerprint density at radius 2 is 1.93 bits per heavy atom. The second kappa shape index (κ2) is 4.29. The molecule has 1 N–H and O–H groups in total. The third-order valence-electron chi connectivity index (χ3n) is 1.50. The zero-order valence-corrected chi connectivity index (χ0v) is 10.8. The molecule has 0 spiro atoms. The topological polar surface area (TPSA) is 71.4 Å². The summed E-state index contributed by atoms with van der Waals surface area (Å²) in [5, 5.41) is 8.33. The standard InChI is InChI=1S/C7H3BrCl2O4S/c8-3-1-4(7(11)12)6(9)5(2-3)15(10,13)14/h1-2H,(H,11,12). The lowest BCUT2D eigenvalue weighted by molar-refractivity contribution is 0.0696. The number of carboxylic acids is 1. The maximum atomic E-state index is 11.0. The van der Waals surface area contributed by atoms with Gasteiger partial charge in [0.15, 0.2) is 0 Å². The molecular formula is C7H3BrCl2O4S. The number of hydrogen-bond acceptors (Lipinski definition) is 3. The Bertz CT molecular complexity index is 526. The molecule has 0 bridgehead atoms. The average molecular weight is 334 g/mol. The molecule has 82 valence electrons. The molecule has 0 aliphatic rings. The van der Waals surface area contributed by atoms with Gasteiger partial charge in [-0.05, 0) is 12.1 Å². The number of carboxylic acid groups (broad SMARTS) is 1. The molecule has 1 aromatic rings. The van der Waals surface area contributed by atoms with E-state index in [4.69, 9.17) is 27.4 Å². The number of aromatic carboxylic acids is 1. The number of hydrogen-bond donors (Lipinski definition) is 1. The van der Waals surface area contributed by atoms with Crippen LogP contribution in [0.5, 0.6) is 0 Å². The monoisotopic (exact) mass is 332 g/mol. The SMILES string of the molecule is O=C(O)c1cc(Br)cc(S(=O)(=O)Cl)c1Cl. The molecule has 0 amide bonds. The molecule has 15 heavy (non-hydrogen) atoms. The van der Waals surface area contributed by atoms with Crippen LogP contribution in [-0.2, 0) is 9.05 Å².